The fourth-order valence-corrected chi connectivity index (χ4v) is 1.72. The van der Waals surface area contributed by atoms with Crippen LogP contribution in [0.3, 0.4) is 0 Å². The number of hydrogen-bond donors (Lipinski definition) is 1. The Kier molecular flexibility index (Phi) is 4.50. The average molecular weight is 237 g/mol. The van der Waals surface area contributed by atoms with Crippen LogP contribution in [0.25, 0.3) is 0 Å². The van der Waals surface area contributed by atoms with Gasteiger partial charge in [0.25, 0.3) is 0 Å². The van der Waals surface area contributed by atoms with Crippen LogP contribution in [0.4, 0.5) is 5.69 Å². The number of nitrogens with one attached hydrogen (secondary N) is 1. The summed E-state index contributed by atoms with van der Waals surface area (Å²) in [6.45, 7) is 3.12. The predicted octanol–water partition coefficient (Wildman–Crippen LogP) is 2.30. The summed E-state index contributed by atoms with van der Waals surface area (Å²) < 4.78 is 16.2. The summed E-state index contributed by atoms with van der Waals surface area (Å²) in [7, 11) is 1.72. The summed E-state index contributed by atoms with van der Waals surface area (Å²) in [6.07, 6.45) is 1.93. The van der Waals surface area contributed by atoms with Gasteiger partial charge in [-0.3, -0.25) is 0 Å². The van der Waals surface area contributed by atoms with Gasteiger partial charge in [-0.2, -0.15) is 0 Å². The Labute approximate surface area is 102 Å². The smallest absolute Gasteiger partial charge is 0.163 e. The van der Waals surface area contributed by atoms with Gasteiger partial charge in [0, 0.05) is 38.4 Å². The summed E-state index contributed by atoms with van der Waals surface area (Å²) in [5.74, 6) is 1.67. The fraction of sp³-hybridized carbons (Fsp3) is 0.538. The van der Waals surface area contributed by atoms with Crippen molar-refractivity contribution in [2.45, 2.75) is 12.8 Å². The van der Waals surface area contributed by atoms with E-state index in [-0.39, 0.29) is 0 Å². The number of fused-ring (bicyclic) bond motifs is 1. The number of anilines is 1. The fourth-order valence-electron chi connectivity index (χ4n) is 1.72. The number of hydrogen-bond acceptors (Lipinski definition) is 4. The zero-order valence-corrected chi connectivity index (χ0v) is 10.2. The molecule has 1 aromatic rings. The zero-order valence-electron chi connectivity index (χ0n) is 10.2. The first-order valence-corrected chi connectivity index (χ1v) is 6.02. The van der Waals surface area contributed by atoms with Crippen LogP contribution in [0.1, 0.15) is 12.8 Å². The maximum atomic E-state index is 5.63. The van der Waals surface area contributed by atoms with Crippen molar-refractivity contribution in [3.05, 3.63) is 18.2 Å². The number of rotatable bonds is 5. The average Bonchev–Trinajstić information content (AvgIpc) is 2.59. The van der Waals surface area contributed by atoms with E-state index in [0.717, 1.165) is 56.4 Å². The molecule has 1 aliphatic heterocycles. The molecule has 0 aromatic heterocycles. The minimum Gasteiger partial charge on any atom is -0.490 e. The first-order chi connectivity index (χ1) is 8.40. The van der Waals surface area contributed by atoms with Crippen LogP contribution < -0.4 is 14.8 Å². The van der Waals surface area contributed by atoms with E-state index >= 15 is 0 Å². The Morgan fingerprint density at radius 3 is 2.88 bits per heavy atom. The summed E-state index contributed by atoms with van der Waals surface area (Å²) in [6, 6.07) is 5.97. The van der Waals surface area contributed by atoms with Crippen molar-refractivity contribution in [3.8, 4) is 11.5 Å². The maximum absolute atomic E-state index is 5.63. The Morgan fingerprint density at radius 2 is 2.06 bits per heavy atom. The molecule has 1 heterocycles. The van der Waals surface area contributed by atoms with Gasteiger partial charge < -0.3 is 19.5 Å². The van der Waals surface area contributed by atoms with Gasteiger partial charge in [0.05, 0.1) is 13.2 Å². The topological polar surface area (TPSA) is 39.7 Å². The van der Waals surface area contributed by atoms with Crippen molar-refractivity contribution < 1.29 is 14.2 Å². The third kappa shape index (κ3) is 3.53. The van der Waals surface area contributed by atoms with Gasteiger partial charge in [-0.1, -0.05) is 0 Å². The number of benzene rings is 1. The second-order valence-corrected chi connectivity index (χ2v) is 3.99. The van der Waals surface area contributed by atoms with E-state index in [2.05, 4.69) is 5.32 Å². The molecule has 0 saturated heterocycles. The van der Waals surface area contributed by atoms with E-state index < -0.39 is 0 Å². The molecule has 1 N–H and O–H groups in total. The van der Waals surface area contributed by atoms with Crippen molar-refractivity contribution in [1.29, 1.82) is 0 Å². The minimum atomic E-state index is 0.722. The molecule has 0 fully saturated rings. The SMILES string of the molecule is COCCCNc1ccc2c(c1)OCCCO2. The lowest BCUT2D eigenvalue weighted by atomic mass is 10.2. The van der Waals surface area contributed by atoms with Crippen molar-refractivity contribution in [2.24, 2.45) is 0 Å². The molecule has 17 heavy (non-hydrogen) atoms. The van der Waals surface area contributed by atoms with E-state index in [9.17, 15) is 0 Å². The van der Waals surface area contributed by atoms with Crippen LogP contribution in [0.2, 0.25) is 0 Å². The first-order valence-electron chi connectivity index (χ1n) is 6.02. The highest BCUT2D eigenvalue weighted by Gasteiger charge is 2.10. The van der Waals surface area contributed by atoms with Crippen LogP contribution in [0.5, 0.6) is 11.5 Å². The van der Waals surface area contributed by atoms with E-state index in [0.29, 0.717) is 0 Å². The van der Waals surface area contributed by atoms with Crippen molar-refractivity contribution in [2.75, 3.05) is 38.8 Å². The molecule has 0 radical (unpaired) electrons. The summed E-state index contributed by atoms with van der Waals surface area (Å²) >= 11 is 0. The van der Waals surface area contributed by atoms with Gasteiger partial charge in [-0.15, -0.1) is 0 Å². The predicted molar refractivity (Wildman–Crippen MR) is 67.0 cm³/mol. The maximum Gasteiger partial charge on any atom is 0.163 e. The summed E-state index contributed by atoms with van der Waals surface area (Å²) in [5, 5.41) is 3.33. The Hall–Kier alpha value is -1.42. The molecule has 1 aliphatic rings. The quantitative estimate of drug-likeness (QED) is 0.798. The lowest BCUT2D eigenvalue weighted by Crippen LogP contribution is -2.04. The number of ether oxygens (including phenoxy) is 3. The van der Waals surface area contributed by atoms with Gasteiger partial charge in [0.2, 0.25) is 0 Å². The highest BCUT2D eigenvalue weighted by atomic mass is 16.5. The molecule has 0 amide bonds. The third-order valence-electron chi connectivity index (χ3n) is 2.60. The molecule has 94 valence electrons. The molecule has 0 atom stereocenters. The standard InChI is InChI=1S/C13H19NO3/c1-15-7-2-6-14-11-4-5-12-13(10-11)17-9-3-8-16-12/h4-5,10,14H,2-3,6-9H2,1H3. The molecule has 0 spiro atoms. The molecule has 0 saturated carbocycles. The largest absolute Gasteiger partial charge is 0.490 e. The molecule has 1 aromatic carbocycles. The highest BCUT2D eigenvalue weighted by Crippen LogP contribution is 2.32. The Balaban J connectivity index is 1.93. The molecule has 4 heteroatoms. The van der Waals surface area contributed by atoms with Crippen LogP contribution in [-0.4, -0.2) is 33.5 Å². The Morgan fingerprint density at radius 1 is 1.24 bits per heavy atom. The van der Waals surface area contributed by atoms with E-state index in [1.54, 1.807) is 7.11 Å². The normalized spacial score (nSPS) is 14.2. The molecular weight excluding hydrogens is 218 g/mol. The third-order valence-corrected chi connectivity index (χ3v) is 2.60. The highest BCUT2D eigenvalue weighted by molar-refractivity contribution is 5.54. The number of methoxy groups -OCH3 is 1. The molecule has 0 bridgehead atoms. The molecule has 0 unspecified atom stereocenters. The van der Waals surface area contributed by atoms with E-state index in [1.807, 2.05) is 18.2 Å². The van der Waals surface area contributed by atoms with Crippen molar-refractivity contribution in [1.82, 2.24) is 0 Å². The minimum absolute atomic E-state index is 0.722. The van der Waals surface area contributed by atoms with Gasteiger partial charge in [0.15, 0.2) is 11.5 Å². The van der Waals surface area contributed by atoms with E-state index in [1.165, 1.54) is 0 Å². The first kappa shape index (κ1) is 12.0. The summed E-state index contributed by atoms with van der Waals surface area (Å²) in [4.78, 5) is 0. The van der Waals surface area contributed by atoms with Crippen LogP contribution in [-0.2, 0) is 4.74 Å². The van der Waals surface area contributed by atoms with Crippen molar-refractivity contribution in [3.63, 3.8) is 0 Å². The van der Waals surface area contributed by atoms with Gasteiger partial charge in [-0.25, -0.2) is 0 Å². The van der Waals surface area contributed by atoms with Crippen molar-refractivity contribution >= 4 is 5.69 Å². The molecule has 0 aliphatic carbocycles. The van der Waals surface area contributed by atoms with E-state index in [4.69, 9.17) is 14.2 Å². The second kappa shape index (κ2) is 6.35. The van der Waals surface area contributed by atoms with Crippen LogP contribution >= 0.6 is 0 Å². The second-order valence-electron chi connectivity index (χ2n) is 3.99. The van der Waals surface area contributed by atoms with Gasteiger partial charge in [-0.05, 0) is 18.6 Å². The Bertz CT molecular complexity index is 355. The lowest BCUT2D eigenvalue weighted by Gasteiger charge is -2.10. The van der Waals surface area contributed by atoms with Gasteiger partial charge >= 0.3 is 0 Å². The monoisotopic (exact) mass is 237 g/mol. The van der Waals surface area contributed by atoms with Crippen LogP contribution in [0, 0.1) is 0 Å². The molecular formula is C13H19NO3. The lowest BCUT2D eigenvalue weighted by molar-refractivity contribution is 0.198. The zero-order chi connectivity index (χ0) is 11.9. The molecule has 4 nitrogen and oxygen atoms in total. The van der Waals surface area contributed by atoms with Gasteiger partial charge in [0.1, 0.15) is 0 Å². The summed E-state index contributed by atoms with van der Waals surface area (Å²) in [5.41, 5.74) is 1.06. The molecule has 2 rings (SSSR count). The van der Waals surface area contributed by atoms with Crippen LogP contribution in [0.15, 0.2) is 18.2 Å².